The molecule has 0 aliphatic rings. The van der Waals surface area contributed by atoms with Gasteiger partial charge in [0.1, 0.15) is 13.2 Å². The zero-order valence-corrected chi connectivity index (χ0v) is 44.5. The quantitative estimate of drug-likeness (QED) is 0.0262. The van der Waals surface area contributed by atoms with Gasteiger partial charge in [-0.05, 0) is 51.4 Å². The first-order valence-corrected chi connectivity index (χ1v) is 29.3. The van der Waals surface area contributed by atoms with E-state index in [-0.39, 0.29) is 31.1 Å². The van der Waals surface area contributed by atoms with Gasteiger partial charge in [0.2, 0.25) is 0 Å². The Bertz CT molecular complexity index is 1070. The van der Waals surface area contributed by atoms with Crippen molar-refractivity contribution in [1.29, 1.82) is 0 Å². The SMILES string of the molecule is CCCCCCC/C=C\C/C=C\CCCCCCCCCCCC(=O)OCC(COC(=O)CCCCCCCCCCCCC)OC(=O)CCCCCCCCCCCCCCCCCC. The molecule has 0 aliphatic carbocycles. The predicted octanol–water partition coefficient (Wildman–Crippen LogP) is 19.5. The van der Waals surface area contributed by atoms with Crippen molar-refractivity contribution in [3.63, 3.8) is 0 Å². The van der Waals surface area contributed by atoms with Gasteiger partial charge in [-0.3, -0.25) is 14.4 Å². The summed E-state index contributed by atoms with van der Waals surface area (Å²) in [7, 11) is 0. The minimum Gasteiger partial charge on any atom is -0.462 e. The number of allylic oxidation sites excluding steroid dienone is 4. The van der Waals surface area contributed by atoms with E-state index >= 15 is 0 Å². The molecular formula is C60H112O6. The van der Waals surface area contributed by atoms with E-state index in [9.17, 15) is 14.4 Å². The number of unbranched alkanes of at least 4 members (excludes halogenated alkanes) is 39. The van der Waals surface area contributed by atoms with E-state index in [1.807, 2.05) is 0 Å². The lowest BCUT2D eigenvalue weighted by molar-refractivity contribution is -0.167. The first kappa shape index (κ1) is 63.9. The number of esters is 3. The van der Waals surface area contributed by atoms with Gasteiger partial charge >= 0.3 is 17.9 Å². The Balaban J connectivity index is 4.27. The zero-order valence-electron chi connectivity index (χ0n) is 44.5. The van der Waals surface area contributed by atoms with Crippen molar-refractivity contribution in [2.75, 3.05) is 13.2 Å². The van der Waals surface area contributed by atoms with Crippen LogP contribution in [0.25, 0.3) is 0 Å². The van der Waals surface area contributed by atoms with E-state index < -0.39 is 6.10 Å². The molecule has 6 heteroatoms. The van der Waals surface area contributed by atoms with Crippen molar-refractivity contribution in [3.05, 3.63) is 24.3 Å². The van der Waals surface area contributed by atoms with Crippen molar-refractivity contribution in [2.24, 2.45) is 0 Å². The number of ether oxygens (including phenoxy) is 3. The fourth-order valence-electron chi connectivity index (χ4n) is 8.77. The Hall–Kier alpha value is -2.11. The van der Waals surface area contributed by atoms with Crippen LogP contribution < -0.4 is 0 Å². The van der Waals surface area contributed by atoms with Crippen molar-refractivity contribution in [1.82, 2.24) is 0 Å². The summed E-state index contributed by atoms with van der Waals surface area (Å²) in [6.07, 6.45) is 64.5. The molecule has 0 aromatic carbocycles. The summed E-state index contributed by atoms with van der Waals surface area (Å²) in [6, 6.07) is 0. The van der Waals surface area contributed by atoms with Crippen LogP contribution in [0.15, 0.2) is 24.3 Å². The molecule has 0 heterocycles. The molecule has 0 amide bonds. The highest BCUT2D eigenvalue weighted by Crippen LogP contribution is 2.17. The second-order valence-electron chi connectivity index (χ2n) is 19.9. The maximum atomic E-state index is 12.8. The molecule has 0 aromatic rings. The predicted molar refractivity (Wildman–Crippen MR) is 284 cm³/mol. The molecule has 66 heavy (non-hydrogen) atoms. The van der Waals surface area contributed by atoms with E-state index in [4.69, 9.17) is 14.2 Å². The molecule has 0 rings (SSSR count). The van der Waals surface area contributed by atoms with Crippen LogP contribution in [0.5, 0.6) is 0 Å². The summed E-state index contributed by atoms with van der Waals surface area (Å²) >= 11 is 0. The van der Waals surface area contributed by atoms with E-state index in [1.165, 1.54) is 218 Å². The maximum Gasteiger partial charge on any atom is 0.306 e. The topological polar surface area (TPSA) is 78.9 Å². The van der Waals surface area contributed by atoms with Crippen LogP contribution in [0.1, 0.15) is 323 Å². The van der Waals surface area contributed by atoms with Gasteiger partial charge in [0.05, 0.1) is 0 Å². The molecule has 0 aromatic heterocycles. The second-order valence-corrected chi connectivity index (χ2v) is 19.9. The van der Waals surface area contributed by atoms with Crippen LogP contribution in [0, 0.1) is 0 Å². The van der Waals surface area contributed by atoms with Gasteiger partial charge in [-0.2, -0.15) is 0 Å². The van der Waals surface area contributed by atoms with E-state index in [2.05, 4.69) is 45.1 Å². The van der Waals surface area contributed by atoms with Crippen molar-refractivity contribution < 1.29 is 28.6 Å². The lowest BCUT2D eigenvalue weighted by Crippen LogP contribution is -2.30. The van der Waals surface area contributed by atoms with Crippen molar-refractivity contribution >= 4 is 17.9 Å². The summed E-state index contributed by atoms with van der Waals surface area (Å²) in [4.78, 5) is 38.1. The third-order valence-corrected chi connectivity index (χ3v) is 13.2. The molecule has 0 aliphatic heterocycles. The molecule has 1 atom stereocenters. The highest BCUT2D eigenvalue weighted by atomic mass is 16.6. The lowest BCUT2D eigenvalue weighted by atomic mass is 10.0. The number of rotatable bonds is 54. The third-order valence-electron chi connectivity index (χ3n) is 13.2. The van der Waals surface area contributed by atoms with E-state index in [0.717, 1.165) is 64.2 Å². The summed E-state index contributed by atoms with van der Waals surface area (Å²) in [5, 5.41) is 0. The van der Waals surface area contributed by atoms with Gasteiger partial charge in [-0.15, -0.1) is 0 Å². The molecular weight excluding hydrogens is 817 g/mol. The second kappa shape index (κ2) is 55.5. The number of carbonyl (C=O) groups excluding carboxylic acids is 3. The number of hydrogen-bond donors (Lipinski definition) is 0. The Morgan fingerprint density at radius 1 is 0.303 bits per heavy atom. The molecule has 6 nitrogen and oxygen atoms in total. The Labute approximate surface area is 411 Å². The fraction of sp³-hybridized carbons (Fsp3) is 0.883. The summed E-state index contributed by atoms with van der Waals surface area (Å²) in [6.45, 7) is 6.67. The smallest absolute Gasteiger partial charge is 0.306 e. The molecule has 0 saturated carbocycles. The molecule has 0 bridgehead atoms. The highest BCUT2D eigenvalue weighted by Gasteiger charge is 2.19. The maximum absolute atomic E-state index is 12.8. The van der Waals surface area contributed by atoms with Crippen LogP contribution in [0.2, 0.25) is 0 Å². The number of hydrogen-bond acceptors (Lipinski definition) is 6. The largest absolute Gasteiger partial charge is 0.462 e. The molecule has 388 valence electrons. The minimum absolute atomic E-state index is 0.0670. The van der Waals surface area contributed by atoms with Gasteiger partial charge in [0.25, 0.3) is 0 Å². The molecule has 0 spiro atoms. The normalized spacial score (nSPS) is 12.1. The minimum atomic E-state index is -0.767. The van der Waals surface area contributed by atoms with Crippen LogP contribution in [-0.4, -0.2) is 37.2 Å². The highest BCUT2D eigenvalue weighted by molar-refractivity contribution is 5.71. The molecule has 0 fully saturated rings. The van der Waals surface area contributed by atoms with Crippen LogP contribution in [-0.2, 0) is 28.6 Å². The van der Waals surface area contributed by atoms with Crippen molar-refractivity contribution in [3.8, 4) is 0 Å². The van der Waals surface area contributed by atoms with Crippen LogP contribution in [0.3, 0.4) is 0 Å². The Morgan fingerprint density at radius 3 is 0.833 bits per heavy atom. The number of carbonyl (C=O) groups is 3. The van der Waals surface area contributed by atoms with Crippen LogP contribution >= 0.6 is 0 Å². The Kier molecular flexibility index (Phi) is 53.7. The van der Waals surface area contributed by atoms with Gasteiger partial charge < -0.3 is 14.2 Å². The van der Waals surface area contributed by atoms with Gasteiger partial charge in [-0.25, -0.2) is 0 Å². The molecule has 0 N–H and O–H groups in total. The van der Waals surface area contributed by atoms with Crippen LogP contribution in [0.4, 0.5) is 0 Å². The third kappa shape index (κ3) is 52.9. The van der Waals surface area contributed by atoms with Crippen molar-refractivity contribution in [2.45, 2.75) is 329 Å². The average molecular weight is 930 g/mol. The van der Waals surface area contributed by atoms with E-state index in [0.29, 0.717) is 19.3 Å². The summed E-state index contributed by atoms with van der Waals surface area (Å²) in [5.41, 5.74) is 0. The first-order valence-electron chi connectivity index (χ1n) is 29.3. The first-order chi connectivity index (χ1) is 32.5. The summed E-state index contributed by atoms with van der Waals surface area (Å²) < 4.78 is 16.9. The standard InChI is InChI=1S/C60H112O6/c1-4-7-10-13-16-19-22-24-26-28-29-30-31-32-34-35-38-41-44-47-50-53-59(62)65-56-57(55-64-58(61)52-49-46-43-40-37-21-18-15-12-9-6-3)66-60(63)54-51-48-45-42-39-36-33-27-25-23-20-17-14-11-8-5-2/h22,24,28-29,57H,4-21,23,25-27,30-56H2,1-3H3/b24-22-,29-28-. The molecule has 1 unspecified atom stereocenters. The van der Waals surface area contributed by atoms with E-state index in [1.54, 1.807) is 0 Å². The van der Waals surface area contributed by atoms with Gasteiger partial charge in [0.15, 0.2) is 6.10 Å². The average Bonchev–Trinajstić information content (AvgIpc) is 3.31. The molecule has 0 saturated heterocycles. The lowest BCUT2D eigenvalue weighted by Gasteiger charge is -2.18. The van der Waals surface area contributed by atoms with Gasteiger partial charge in [-0.1, -0.05) is 276 Å². The monoisotopic (exact) mass is 929 g/mol. The fourth-order valence-corrected chi connectivity index (χ4v) is 8.77. The van der Waals surface area contributed by atoms with Gasteiger partial charge in [0, 0.05) is 19.3 Å². The zero-order chi connectivity index (χ0) is 47.9. The Morgan fingerprint density at radius 2 is 0.545 bits per heavy atom. The summed E-state index contributed by atoms with van der Waals surface area (Å²) in [5.74, 6) is -0.851. The molecule has 0 radical (unpaired) electrons.